The molecule has 0 radical (unpaired) electrons. The fraction of sp³-hybridized carbons (Fsp3) is 0.273. The summed E-state index contributed by atoms with van der Waals surface area (Å²) in [5, 5.41) is 4.87. The molecule has 80 valence electrons. The SMILES string of the molecule is CNCc1c(Cl)[nH]c2c(OC)cccc12. The average molecular weight is 225 g/mol. The summed E-state index contributed by atoms with van der Waals surface area (Å²) in [5.74, 6) is 0.816. The van der Waals surface area contributed by atoms with Crippen LogP contribution in [0.25, 0.3) is 10.9 Å². The van der Waals surface area contributed by atoms with Gasteiger partial charge < -0.3 is 15.0 Å². The van der Waals surface area contributed by atoms with Gasteiger partial charge in [0, 0.05) is 17.5 Å². The van der Waals surface area contributed by atoms with Crippen molar-refractivity contribution in [3.8, 4) is 5.75 Å². The quantitative estimate of drug-likeness (QED) is 0.841. The zero-order valence-corrected chi connectivity index (χ0v) is 9.48. The lowest BCUT2D eigenvalue weighted by Crippen LogP contribution is -2.04. The Kier molecular flexibility index (Phi) is 2.84. The maximum absolute atomic E-state index is 6.12. The number of fused-ring (bicyclic) bond motifs is 1. The molecule has 0 amide bonds. The van der Waals surface area contributed by atoms with E-state index < -0.39 is 0 Å². The summed E-state index contributed by atoms with van der Waals surface area (Å²) in [6.45, 7) is 0.742. The number of hydrogen-bond acceptors (Lipinski definition) is 2. The number of para-hydroxylation sites is 1. The maximum Gasteiger partial charge on any atom is 0.142 e. The molecule has 15 heavy (non-hydrogen) atoms. The third-order valence-electron chi connectivity index (χ3n) is 2.42. The summed E-state index contributed by atoms with van der Waals surface area (Å²) in [6.07, 6.45) is 0. The van der Waals surface area contributed by atoms with Crippen LogP contribution in [0.15, 0.2) is 18.2 Å². The lowest BCUT2D eigenvalue weighted by molar-refractivity contribution is 0.419. The van der Waals surface area contributed by atoms with Crippen LogP contribution in [0.1, 0.15) is 5.56 Å². The lowest BCUT2D eigenvalue weighted by Gasteiger charge is -2.01. The first-order valence-corrected chi connectivity index (χ1v) is 5.13. The van der Waals surface area contributed by atoms with Crippen LogP contribution in [0.5, 0.6) is 5.75 Å². The first-order valence-electron chi connectivity index (χ1n) is 4.75. The number of benzene rings is 1. The molecule has 0 aliphatic carbocycles. The van der Waals surface area contributed by atoms with Crippen molar-refractivity contribution >= 4 is 22.5 Å². The molecule has 0 bridgehead atoms. The smallest absolute Gasteiger partial charge is 0.142 e. The molecule has 2 rings (SSSR count). The van der Waals surface area contributed by atoms with E-state index in [1.807, 2.05) is 25.2 Å². The van der Waals surface area contributed by atoms with E-state index in [0.29, 0.717) is 5.15 Å². The third kappa shape index (κ3) is 1.68. The number of aromatic amines is 1. The highest BCUT2D eigenvalue weighted by Crippen LogP contribution is 2.31. The lowest BCUT2D eigenvalue weighted by atomic mass is 10.1. The van der Waals surface area contributed by atoms with Crippen LogP contribution in [0.3, 0.4) is 0 Å². The minimum atomic E-state index is 0.670. The second kappa shape index (κ2) is 4.13. The van der Waals surface area contributed by atoms with Crippen LogP contribution in [0, 0.1) is 0 Å². The van der Waals surface area contributed by atoms with E-state index in [4.69, 9.17) is 16.3 Å². The highest BCUT2D eigenvalue weighted by Gasteiger charge is 2.11. The van der Waals surface area contributed by atoms with Crippen molar-refractivity contribution in [3.05, 3.63) is 28.9 Å². The number of rotatable bonds is 3. The molecule has 2 N–H and O–H groups in total. The fourth-order valence-electron chi connectivity index (χ4n) is 1.73. The molecule has 3 nitrogen and oxygen atoms in total. The predicted molar refractivity (Wildman–Crippen MR) is 62.6 cm³/mol. The molecule has 0 saturated carbocycles. The third-order valence-corrected chi connectivity index (χ3v) is 2.75. The monoisotopic (exact) mass is 224 g/mol. The molecule has 1 aromatic carbocycles. The van der Waals surface area contributed by atoms with Gasteiger partial charge in [0.2, 0.25) is 0 Å². The normalized spacial score (nSPS) is 10.9. The van der Waals surface area contributed by atoms with Crippen molar-refractivity contribution in [2.45, 2.75) is 6.54 Å². The molecule has 1 aromatic heterocycles. The Bertz CT molecular complexity index is 479. The summed E-state index contributed by atoms with van der Waals surface area (Å²) in [7, 11) is 3.55. The molecule has 0 aliphatic rings. The minimum Gasteiger partial charge on any atom is -0.495 e. The average Bonchev–Trinajstić information content (AvgIpc) is 2.56. The molecule has 4 heteroatoms. The Balaban J connectivity index is 2.67. The molecule has 0 spiro atoms. The number of aromatic nitrogens is 1. The van der Waals surface area contributed by atoms with Crippen molar-refractivity contribution in [3.63, 3.8) is 0 Å². The van der Waals surface area contributed by atoms with Gasteiger partial charge in [0.25, 0.3) is 0 Å². The molecular formula is C11H13ClN2O. The van der Waals surface area contributed by atoms with E-state index in [9.17, 15) is 0 Å². The Labute approximate surface area is 93.4 Å². The van der Waals surface area contributed by atoms with Crippen LogP contribution >= 0.6 is 11.6 Å². The molecule has 0 saturated heterocycles. The predicted octanol–water partition coefficient (Wildman–Crippen LogP) is 2.55. The molecule has 2 aromatic rings. The number of hydrogen-bond donors (Lipinski definition) is 2. The Hall–Kier alpha value is -1.19. The number of nitrogens with one attached hydrogen (secondary N) is 2. The van der Waals surface area contributed by atoms with E-state index >= 15 is 0 Å². The maximum atomic E-state index is 6.12. The van der Waals surface area contributed by atoms with Gasteiger partial charge in [-0.05, 0) is 13.1 Å². The highest BCUT2D eigenvalue weighted by molar-refractivity contribution is 6.31. The number of methoxy groups -OCH3 is 1. The van der Waals surface area contributed by atoms with Gasteiger partial charge in [-0.3, -0.25) is 0 Å². The molecule has 1 heterocycles. The van der Waals surface area contributed by atoms with Gasteiger partial charge in [0.15, 0.2) is 0 Å². The molecule has 0 atom stereocenters. The van der Waals surface area contributed by atoms with Gasteiger partial charge >= 0.3 is 0 Å². The van der Waals surface area contributed by atoms with E-state index in [2.05, 4.69) is 10.3 Å². The summed E-state index contributed by atoms with van der Waals surface area (Å²) in [5.41, 5.74) is 2.03. The first-order chi connectivity index (χ1) is 7.27. The zero-order valence-electron chi connectivity index (χ0n) is 8.73. The van der Waals surface area contributed by atoms with E-state index in [-0.39, 0.29) is 0 Å². The second-order valence-electron chi connectivity index (χ2n) is 3.33. The van der Waals surface area contributed by atoms with Gasteiger partial charge in [-0.25, -0.2) is 0 Å². The van der Waals surface area contributed by atoms with Gasteiger partial charge in [0.05, 0.1) is 12.6 Å². The van der Waals surface area contributed by atoms with Crippen LogP contribution in [-0.2, 0) is 6.54 Å². The molecule has 0 unspecified atom stereocenters. The summed E-state index contributed by atoms with van der Waals surface area (Å²) < 4.78 is 5.26. The van der Waals surface area contributed by atoms with Gasteiger partial charge in [0.1, 0.15) is 10.9 Å². The number of halogens is 1. The molecule has 0 fully saturated rings. The summed E-state index contributed by atoms with van der Waals surface area (Å²) in [6, 6.07) is 5.91. The van der Waals surface area contributed by atoms with Crippen LogP contribution in [0.2, 0.25) is 5.15 Å². The highest BCUT2D eigenvalue weighted by atomic mass is 35.5. The fourth-order valence-corrected chi connectivity index (χ4v) is 2.00. The van der Waals surface area contributed by atoms with Crippen LogP contribution in [0.4, 0.5) is 0 Å². The molecular weight excluding hydrogens is 212 g/mol. The second-order valence-corrected chi connectivity index (χ2v) is 3.71. The topological polar surface area (TPSA) is 37.0 Å². The summed E-state index contributed by atoms with van der Waals surface area (Å²) >= 11 is 6.12. The van der Waals surface area contributed by atoms with Crippen molar-refractivity contribution in [2.75, 3.05) is 14.2 Å². The Morgan fingerprint density at radius 2 is 2.27 bits per heavy atom. The number of ether oxygens (including phenoxy) is 1. The van der Waals surface area contributed by atoms with Gasteiger partial charge in [-0.2, -0.15) is 0 Å². The van der Waals surface area contributed by atoms with Crippen molar-refractivity contribution < 1.29 is 4.74 Å². The zero-order chi connectivity index (χ0) is 10.8. The summed E-state index contributed by atoms with van der Waals surface area (Å²) in [4.78, 5) is 3.13. The number of H-pyrrole nitrogens is 1. The van der Waals surface area contributed by atoms with Crippen LogP contribution in [-0.4, -0.2) is 19.1 Å². The van der Waals surface area contributed by atoms with Crippen LogP contribution < -0.4 is 10.1 Å². The standard InChI is InChI=1S/C11H13ClN2O/c1-13-6-8-7-4-3-5-9(15-2)10(7)14-11(8)12/h3-5,13-14H,6H2,1-2H3. The van der Waals surface area contributed by atoms with Gasteiger partial charge in [-0.15, -0.1) is 0 Å². The Morgan fingerprint density at radius 1 is 1.47 bits per heavy atom. The molecule has 0 aliphatic heterocycles. The van der Waals surface area contributed by atoms with E-state index in [1.165, 1.54) is 0 Å². The first kappa shape index (κ1) is 10.3. The van der Waals surface area contributed by atoms with E-state index in [0.717, 1.165) is 28.8 Å². The largest absolute Gasteiger partial charge is 0.495 e. The van der Waals surface area contributed by atoms with Crippen molar-refractivity contribution in [2.24, 2.45) is 0 Å². The van der Waals surface area contributed by atoms with E-state index in [1.54, 1.807) is 7.11 Å². The van der Waals surface area contributed by atoms with Gasteiger partial charge in [-0.1, -0.05) is 23.7 Å². The Morgan fingerprint density at radius 3 is 2.93 bits per heavy atom. The van der Waals surface area contributed by atoms with Crippen molar-refractivity contribution in [1.82, 2.24) is 10.3 Å². The van der Waals surface area contributed by atoms with Crippen molar-refractivity contribution in [1.29, 1.82) is 0 Å². The minimum absolute atomic E-state index is 0.670.